The van der Waals surface area contributed by atoms with E-state index in [0.717, 1.165) is 38.5 Å². The van der Waals surface area contributed by atoms with Crippen LogP contribution in [0.4, 0.5) is 0 Å². The van der Waals surface area contributed by atoms with Gasteiger partial charge in [-0.3, -0.25) is 4.79 Å². The van der Waals surface area contributed by atoms with E-state index in [9.17, 15) is 25.2 Å². The van der Waals surface area contributed by atoms with E-state index in [4.69, 9.17) is 0 Å². The normalized spacial score (nSPS) is 14.7. The standard InChI is InChI=1S/C36H71NO5/c1-3-5-7-9-11-13-15-17-18-20-22-24-26-28-30-34(40)36(42)37-32(31-38)35(41)33(39)29-27-25-23-21-19-16-14-12-10-8-6-4-2/h21,23,32-35,38-41H,3-20,22,24-31H2,1-2H3,(H,37,42)/b23-21+/t32-,33+,34+,35-/m0/s1. The first-order valence-corrected chi connectivity index (χ1v) is 18.1. The molecule has 1 amide bonds. The summed E-state index contributed by atoms with van der Waals surface area (Å²) in [5.41, 5.74) is 0. The van der Waals surface area contributed by atoms with Crippen LogP contribution in [0.1, 0.15) is 181 Å². The predicted octanol–water partition coefficient (Wildman–Crippen LogP) is 8.28. The Morgan fingerprint density at radius 3 is 1.43 bits per heavy atom. The van der Waals surface area contributed by atoms with E-state index in [1.165, 1.54) is 116 Å². The van der Waals surface area contributed by atoms with Crippen molar-refractivity contribution >= 4 is 5.91 Å². The van der Waals surface area contributed by atoms with Gasteiger partial charge in [-0.2, -0.15) is 0 Å². The van der Waals surface area contributed by atoms with Crippen LogP contribution < -0.4 is 5.32 Å². The zero-order chi connectivity index (χ0) is 31.1. The van der Waals surface area contributed by atoms with Crippen LogP contribution in [-0.4, -0.2) is 57.3 Å². The molecule has 0 spiro atoms. The smallest absolute Gasteiger partial charge is 0.249 e. The summed E-state index contributed by atoms with van der Waals surface area (Å²) in [6.45, 7) is 4.00. The number of nitrogens with one attached hydrogen (secondary N) is 1. The lowest BCUT2D eigenvalue weighted by molar-refractivity contribution is -0.132. The summed E-state index contributed by atoms with van der Waals surface area (Å²) < 4.78 is 0. The van der Waals surface area contributed by atoms with Crippen LogP contribution in [0.2, 0.25) is 0 Å². The fourth-order valence-corrected chi connectivity index (χ4v) is 5.52. The lowest BCUT2D eigenvalue weighted by Gasteiger charge is -2.27. The van der Waals surface area contributed by atoms with Crippen molar-refractivity contribution in [1.29, 1.82) is 0 Å². The van der Waals surface area contributed by atoms with Crippen LogP contribution in [0.3, 0.4) is 0 Å². The zero-order valence-electron chi connectivity index (χ0n) is 27.8. The summed E-state index contributed by atoms with van der Waals surface area (Å²) in [6.07, 6.45) is 30.9. The molecule has 0 fully saturated rings. The molecular weight excluding hydrogens is 526 g/mol. The summed E-state index contributed by atoms with van der Waals surface area (Å²) in [5.74, 6) is -0.594. The summed E-state index contributed by atoms with van der Waals surface area (Å²) in [5, 5.41) is 43.3. The molecule has 6 heteroatoms. The van der Waals surface area contributed by atoms with E-state index in [2.05, 4.69) is 31.3 Å². The first-order valence-electron chi connectivity index (χ1n) is 18.1. The maximum absolute atomic E-state index is 12.4. The van der Waals surface area contributed by atoms with Gasteiger partial charge in [-0.25, -0.2) is 0 Å². The van der Waals surface area contributed by atoms with Crippen molar-refractivity contribution in [2.75, 3.05) is 6.61 Å². The number of rotatable bonds is 32. The molecule has 0 bridgehead atoms. The summed E-state index contributed by atoms with van der Waals surface area (Å²) in [4.78, 5) is 12.4. The summed E-state index contributed by atoms with van der Waals surface area (Å²) in [7, 11) is 0. The molecule has 0 aromatic heterocycles. The Morgan fingerprint density at radius 1 is 0.571 bits per heavy atom. The summed E-state index contributed by atoms with van der Waals surface area (Å²) >= 11 is 0. The number of aliphatic hydroxyl groups is 4. The number of allylic oxidation sites excluding steroid dienone is 2. The molecular formula is C36H71NO5. The highest BCUT2D eigenvalue weighted by molar-refractivity contribution is 5.80. The Labute approximate surface area is 260 Å². The number of hydrogen-bond donors (Lipinski definition) is 5. The monoisotopic (exact) mass is 598 g/mol. The van der Waals surface area contributed by atoms with Crippen LogP contribution in [0.5, 0.6) is 0 Å². The summed E-state index contributed by atoms with van der Waals surface area (Å²) in [6, 6.07) is -0.994. The number of carbonyl (C=O) groups is 1. The molecule has 250 valence electrons. The number of carbonyl (C=O) groups excluding carboxylic acids is 1. The molecule has 5 N–H and O–H groups in total. The molecule has 0 aliphatic heterocycles. The predicted molar refractivity (Wildman–Crippen MR) is 178 cm³/mol. The Hall–Kier alpha value is -0.950. The van der Waals surface area contributed by atoms with Gasteiger partial charge in [0.25, 0.3) is 0 Å². The van der Waals surface area contributed by atoms with Crippen LogP contribution in [-0.2, 0) is 4.79 Å². The Bertz CT molecular complexity index is 599. The van der Waals surface area contributed by atoms with E-state index in [-0.39, 0.29) is 0 Å². The molecule has 0 aliphatic carbocycles. The lowest BCUT2D eigenvalue weighted by atomic mass is 10.00. The molecule has 0 radical (unpaired) electrons. The molecule has 0 rings (SSSR count). The van der Waals surface area contributed by atoms with Gasteiger partial charge in [-0.15, -0.1) is 0 Å². The second-order valence-corrected chi connectivity index (χ2v) is 12.6. The Balaban J connectivity index is 3.86. The van der Waals surface area contributed by atoms with E-state index in [0.29, 0.717) is 12.8 Å². The van der Waals surface area contributed by atoms with Crippen LogP contribution in [0.15, 0.2) is 12.2 Å². The van der Waals surface area contributed by atoms with Gasteiger partial charge in [-0.1, -0.05) is 154 Å². The second kappa shape index (κ2) is 31.5. The molecule has 0 aromatic rings. The Kier molecular flexibility index (Phi) is 30.8. The third-order valence-electron chi connectivity index (χ3n) is 8.48. The van der Waals surface area contributed by atoms with Crippen molar-refractivity contribution < 1.29 is 25.2 Å². The highest BCUT2D eigenvalue weighted by atomic mass is 16.3. The van der Waals surface area contributed by atoms with Gasteiger partial charge in [-0.05, 0) is 38.5 Å². The molecule has 4 atom stereocenters. The van der Waals surface area contributed by atoms with Crippen molar-refractivity contribution in [3.8, 4) is 0 Å². The van der Waals surface area contributed by atoms with E-state index >= 15 is 0 Å². The quantitative estimate of drug-likeness (QED) is 0.0396. The molecule has 0 saturated carbocycles. The van der Waals surface area contributed by atoms with Gasteiger partial charge in [0.15, 0.2) is 0 Å². The SMILES string of the molecule is CCCCCCCCC/C=C/CCC[C@@H](O)[C@@H](O)[C@H](CO)NC(=O)[C@H](O)CCCCCCCCCCCCCCCC. The fourth-order valence-electron chi connectivity index (χ4n) is 5.52. The topological polar surface area (TPSA) is 110 Å². The van der Waals surface area contributed by atoms with Gasteiger partial charge in [0.1, 0.15) is 12.2 Å². The van der Waals surface area contributed by atoms with E-state index in [1.54, 1.807) is 0 Å². The average molecular weight is 598 g/mol. The van der Waals surface area contributed by atoms with Crippen molar-refractivity contribution in [3.05, 3.63) is 12.2 Å². The lowest BCUT2D eigenvalue weighted by Crippen LogP contribution is -2.53. The number of aliphatic hydroxyl groups excluding tert-OH is 4. The fraction of sp³-hybridized carbons (Fsp3) is 0.917. The number of hydrogen-bond acceptors (Lipinski definition) is 5. The molecule has 0 heterocycles. The van der Waals surface area contributed by atoms with Crippen molar-refractivity contribution in [3.63, 3.8) is 0 Å². The van der Waals surface area contributed by atoms with E-state index in [1.807, 2.05) is 0 Å². The molecule has 0 aliphatic rings. The molecule has 0 saturated heterocycles. The average Bonchev–Trinajstić information content (AvgIpc) is 2.99. The first kappa shape index (κ1) is 41.0. The van der Waals surface area contributed by atoms with Gasteiger partial charge in [0, 0.05) is 0 Å². The van der Waals surface area contributed by atoms with Crippen molar-refractivity contribution in [2.24, 2.45) is 0 Å². The first-order chi connectivity index (χ1) is 20.5. The second-order valence-electron chi connectivity index (χ2n) is 12.6. The number of amides is 1. The largest absolute Gasteiger partial charge is 0.394 e. The highest BCUT2D eigenvalue weighted by Crippen LogP contribution is 2.15. The van der Waals surface area contributed by atoms with Crippen LogP contribution in [0.25, 0.3) is 0 Å². The minimum Gasteiger partial charge on any atom is -0.394 e. The minimum atomic E-state index is -1.27. The maximum atomic E-state index is 12.4. The van der Waals surface area contributed by atoms with Gasteiger partial charge in [0.05, 0.1) is 18.8 Å². The zero-order valence-corrected chi connectivity index (χ0v) is 27.8. The molecule has 0 aromatic carbocycles. The molecule has 0 unspecified atom stereocenters. The van der Waals surface area contributed by atoms with Gasteiger partial charge in [0.2, 0.25) is 5.91 Å². The van der Waals surface area contributed by atoms with Gasteiger partial charge < -0.3 is 25.7 Å². The third-order valence-corrected chi connectivity index (χ3v) is 8.48. The van der Waals surface area contributed by atoms with Crippen LogP contribution >= 0.6 is 0 Å². The van der Waals surface area contributed by atoms with Crippen molar-refractivity contribution in [1.82, 2.24) is 5.32 Å². The van der Waals surface area contributed by atoms with Crippen LogP contribution in [0, 0.1) is 0 Å². The van der Waals surface area contributed by atoms with Crippen molar-refractivity contribution in [2.45, 2.75) is 205 Å². The number of unbranched alkanes of at least 4 members (excludes halogenated alkanes) is 21. The minimum absolute atomic E-state index is 0.367. The maximum Gasteiger partial charge on any atom is 0.249 e. The third kappa shape index (κ3) is 25.5. The Morgan fingerprint density at radius 2 is 0.976 bits per heavy atom. The van der Waals surface area contributed by atoms with Gasteiger partial charge >= 0.3 is 0 Å². The highest BCUT2D eigenvalue weighted by Gasteiger charge is 2.28. The molecule has 6 nitrogen and oxygen atoms in total. The van der Waals surface area contributed by atoms with E-state index < -0.39 is 36.9 Å². The molecule has 42 heavy (non-hydrogen) atoms.